The van der Waals surface area contributed by atoms with E-state index in [0.717, 1.165) is 55.5 Å². The first-order valence-electron chi connectivity index (χ1n) is 11.6. The number of halogens is 4. The van der Waals surface area contributed by atoms with Gasteiger partial charge in [-0.3, -0.25) is 9.36 Å². The zero-order chi connectivity index (χ0) is 25.7. The number of carbonyl (C=O) groups is 1. The van der Waals surface area contributed by atoms with E-state index in [2.05, 4.69) is 15.5 Å². The lowest BCUT2D eigenvalue weighted by molar-refractivity contribution is -0.137. The van der Waals surface area contributed by atoms with Gasteiger partial charge in [-0.1, -0.05) is 54.8 Å². The number of thioether (sulfide) groups is 1. The fourth-order valence-electron chi connectivity index (χ4n) is 4.22. The van der Waals surface area contributed by atoms with Crippen LogP contribution in [0.4, 0.5) is 18.9 Å². The molecule has 6 nitrogen and oxygen atoms in total. The van der Waals surface area contributed by atoms with Crippen LogP contribution in [0.25, 0.3) is 0 Å². The Labute approximate surface area is 216 Å². The SMILES string of the molecule is Cc1cc(OCc2nnc(SCC(=O)Nc3ccccc3C(F)(F)F)n2C2CCCCC2)ccc1Cl. The molecule has 0 saturated heterocycles. The molecule has 0 bridgehead atoms. The lowest BCUT2D eigenvalue weighted by Gasteiger charge is -2.25. The van der Waals surface area contributed by atoms with Crippen LogP contribution >= 0.6 is 23.4 Å². The summed E-state index contributed by atoms with van der Waals surface area (Å²) in [5.41, 5.74) is -0.250. The van der Waals surface area contributed by atoms with Crippen molar-refractivity contribution in [3.63, 3.8) is 0 Å². The molecule has 1 N–H and O–H groups in total. The molecule has 0 spiro atoms. The van der Waals surface area contributed by atoms with Crippen LogP contribution in [0.5, 0.6) is 5.75 Å². The number of alkyl halides is 3. The number of hydrogen-bond donors (Lipinski definition) is 1. The molecule has 1 fully saturated rings. The van der Waals surface area contributed by atoms with Gasteiger partial charge in [-0.15, -0.1) is 10.2 Å². The van der Waals surface area contributed by atoms with Gasteiger partial charge in [0.25, 0.3) is 0 Å². The number of hydrogen-bond acceptors (Lipinski definition) is 5. The summed E-state index contributed by atoms with van der Waals surface area (Å²) in [4.78, 5) is 12.5. The van der Waals surface area contributed by atoms with Crippen molar-refractivity contribution in [1.29, 1.82) is 0 Å². The van der Waals surface area contributed by atoms with E-state index in [0.29, 0.717) is 21.8 Å². The average molecular weight is 539 g/mol. The number of aryl methyl sites for hydroxylation is 1. The zero-order valence-corrected chi connectivity index (χ0v) is 21.2. The lowest BCUT2D eigenvalue weighted by atomic mass is 9.95. The summed E-state index contributed by atoms with van der Waals surface area (Å²) in [6.45, 7) is 2.09. The number of aromatic nitrogens is 3. The molecule has 0 radical (unpaired) electrons. The predicted octanol–water partition coefficient (Wildman–Crippen LogP) is 7.07. The maximum absolute atomic E-state index is 13.3. The highest BCUT2D eigenvalue weighted by Crippen LogP contribution is 2.35. The maximum Gasteiger partial charge on any atom is 0.418 e. The van der Waals surface area contributed by atoms with Crippen molar-refractivity contribution in [2.24, 2.45) is 0 Å². The highest BCUT2D eigenvalue weighted by atomic mass is 35.5. The van der Waals surface area contributed by atoms with Gasteiger partial charge in [0.05, 0.1) is 17.0 Å². The molecule has 4 rings (SSSR count). The minimum Gasteiger partial charge on any atom is -0.486 e. The van der Waals surface area contributed by atoms with Crippen LogP contribution in [0.1, 0.15) is 55.1 Å². The summed E-state index contributed by atoms with van der Waals surface area (Å²) < 4.78 is 47.7. The smallest absolute Gasteiger partial charge is 0.418 e. The Kier molecular flexibility index (Phi) is 8.46. The molecule has 1 aliphatic carbocycles. The second-order valence-corrected chi connectivity index (χ2v) is 9.99. The van der Waals surface area contributed by atoms with Crippen molar-refractivity contribution in [3.8, 4) is 5.75 Å². The number of amides is 1. The van der Waals surface area contributed by atoms with E-state index < -0.39 is 17.6 Å². The third-order valence-electron chi connectivity index (χ3n) is 6.01. The number of ether oxygens (including phenoxy) is 1. The molecular weight excluding hydrogens is 513 g/mol. The maximum atomic E-state index is 13.3. The first kappa shape index (κ1) is 26.3. The Balaban J connectivity index is 1.47. The summed E-state index contributed by atoms with van der Waals surface area (Å²) >= 11 is 7.25. The summed E-state index contributed by atoms with van der Waals surface area (Å²) in [6.07, 6.45) is 0.692. The fourth-order valence-corrected chi connectivity index (χ4v) is 5.16. The molecular formula is C25H26ClF3N4O2S. The minimum absolute atomic E-state index is 0.103. The van der Waals surface area contributed by atoms with Crippen LogP contribution < -0.4 is 10.1 Å². The van der Waals surface area contributed by atoms with Crippen molar-refractivity contribution in [2.75, 3.05) is 11.1 Å². The number of benzene rings is 2. The topological polar surface area (TPSA) is 69.0 Å². The third-order valence-corrected chi connectivity index (χ3v) is 7.38. The lowest BCUT2D eigenvalue weighted by Crippen LogP contribution is -2.20. The zero-order valence-electron chi connectivity index (χ0n) is 19.6. The Morgan fingerprint density at radius 1 is 1.17 bits per heavy atom. The summed E-state index contributed by atoms with van der Waals surface area (Å²) in [6, 6.07) is 10.5. The Morgan fingerprint density at radius 2 is 1.92 bits per heavy atom. The molecule has 0 atom stereocenters. The quantitative estimate of drug-likeness (QED) is 0.310. The van der Waals surface area contributed by atoms with E-state index in [1.807, 2.05) is 17.6 Å². The normalized spacial score (nSPS) is 14.6. The van der Waals surface area contributed by atoms with Crippen LogP contribution in [-0.2, 0) is 17.6 Å². The van der Waals surface area contributed by atoms with Gasteiger partial charge >= 0.3 is 6.18 Å². The molecule has 192 valence electrons. The van der Waals surface area contributed by atoms with Gasteiger partial charge in [0, 0.05) is 11.1 Å². The van der Waals surface area contributed by atoms with E-state index in [4.69, 9.17) is 16.3 Å². The van der Waals surface area contributed by atoms with Crippen molar-refractivity contribution in [2.45, 2.75) is 63.0 Å². The second kappa shape index (κ2) is 11.6. The monoisotopic (exact) mass is 538 g/mol. The van der Waals surface area contributed by atoms with Crippen molar-refractivity contribution >= 4 is 35.0 Å². The number of carbonyl (C=O) groups excluding carboxylic acids is 1. The number of nitrogens with one attached hydrogen (secondary N) is 1. The molecule has 3 aromatic rings. The van der Waals surface area contributed by atoms with Gasteiger partial charge in [0.1, 0.15) is 12.4 Å². The number of anilines is 1. The van der Waals surface area contributed by atoms with Crippen LogP contribution in [0.2, 0.25) is 5.02 Å². The van der Waals surface area contributed by atoms with Gasteiger partial charge in [-0.05, 0) is 55.7 Å². The van der Waals surface area contributed by atoms with Crippen LogP contribution in [-0.4, -0.2) is 26.4 Å². The molecule has 36 heavy (non-hydrogen) atoms. The minimum atomic E-state index is -4.56. The molecule has 1 amide bonds. The Bertz CT molecular complexity index is 1210. The number of nitrogens with zero attached hydrogens (tertiary/aromatic N) is 3. The van der Waals surface area contributed by atoms with E-state index in [9.17, 15) is 18.0 Å². The molecule has 1 aromatic heterocycles. The van der Waals surface area contributed by atoms with Crippen LogP contribution in [0.15, 0.2) is 47.6 Å². The van der Waals surface area contributed by atoms with Crippen molar-refractivity contribution in [3.05, 3.63) is 64.4 Å². The van der Waals surface area contributed by atoms with E-state index in [1.54, 1.807) is 12.1 Å². The third kappa shape index (κ3) is 6.53. The van der Waals surface area contributed by atoms with Crippen LogP contribution in [0.3, 0.4) is 0 Å². The fraction of sp³-hybridized carbons (Fsp3) is 0.400. The Hall–Kier alpha value is -2.72. The first-order chi connectivity index (χ1) is 17.2. The van der Waals surface area contributed by atoms with Gasteiger partial charge in [-0.2, -0.15) is 13.2 Å². The van der Waals surface area contributed by atoms with Gasteiger partial charge in [0.15, 0.2) is 11.0 Å². The molecule has 0 unspecified atom stereocenters. The molecule has 0 aliphatic heterocycles. The van der Waals surface area contributed by atoms with Gasteiger partial charge in [0.2, 0.25) is 5.91 Å². The molecule has 2 aromatic carbocycles. The predicted molar refractivity (Wildman–Crippen MR) is 133 cm³/mol. The highest BCUT2D eigenvalue weighted by Gasteiger charge is 2.33. The number of para-hydroxylation sites is 1. The molecule has 1 aliphatic rings. The standard InChI is InChI=1S/C25H26ClF3N4O2S/c1-16-13-18(11-12-20(16)26)35-14-22-31-32-24(33(22)17-7-3-2-4-8-17)36-15-23(34)30-21-10-6-5-9-19(21)25(27,28)29/h5-6,9-13,17H,2-4,7-8,14-15H2,1H3,(H,30,34). The van der Waals surface area contributed by atoms with Crippen LogP contribution in [0, 0.1) is 6.92 Å². The largest absolute Gasteiger partial charge is 0.486 e. The van der Waals surface area contributed by atoms with Gasteiger partial charge in [-0.25, -0.2) is 0 Å². The molecule has 1 heterocycles. The molecule has 11 heteroatoms. The van der Waals surface area contributed by atoms with E-state index in [1.165, 1.54) is 18.2 Å². The van der Waals surface area contributed by atoms with E-state index >= 15 is 0 Å². The van der Waals surface area contributed by atoms with Gasteiger partial charge < -0.3 is 10.1 Å². The molecule has 1 saturated carbocycles. The summed E-state index contributed by atoms with van der Waals surface area (Å²) in [5, 5.41) is 12.2. The summed E-state index contributed by atoms with van der Waals surface area (Å²) in [5.74, 6) is 0.644. The first-order valence-corrected chi connectivity index (χ1v) is 13.0. The van der Waals surface area contributed by atoms with Crippen molar-refractivity contribution in [1.82, 2.24) is 14.8 Å². The second-order valence-electron chi connectivity index (χ2n) is 8.64. The Morgan fingerprint density at radius 3 is 2.64 bits per heavy atom. The highest BCUT2D eigenvalue weighted by molar-refractivity contribution is 7.99. The van der Waals surface area contributed by atoms with Crippen molar-refractivity contribution < 1.29 is 22.7 Å². The van der Waals surface area contributed by atoms with E-state index in [-0.39, 0.29) is 24.1 Å². The number of rotatable bonds is 8. The average Bonchev–Trinajstić information content (AvgIpc) is 3.26. The summed E-state index contributed by atoms with van der Waals surface area (Å²) in [7, 11) is 0.